The molecular weight excluding hydrogens is 504 g/mol. The van der Waals surface area contributed by atoms with Crippen LogP contribution in [0.2, 0.25) is 0 Å². The molecule has 0 unspecified atom stereocenters. The third-order valence-electron chi connectivity index (χ3n) is 7.41. The van der Waals surface area contributed by atoms with Crippen LogP contribution in [0.4, 0.5) is 11.4 Å². The van der Waals surface area contributed by atoms with Crippen LogP contribution >= 0.6 is 15.9 Å². The monoisotopic (exact) mass is 526 g/mol. The highest BCUT2D eigenvalue weighted by molar-refractivity contribution is 9.10. The molecule has 2 fully saturated rings. The number of halogens is 1. The van der Waals surface area contributed by atoms with Crippen molar-refractivity contribution in [1.82, 2.24) is 0 Å². The molecule has 0 N–H and O–H groups in total. The number of rotatable bonds is 3. The summed E-state index contributed by atoms with van der Waals surface area (Å²) in [7, 11) is 0. The molecule has 35 heavy (non-hydrogen) atoms. The Morgan fingerprint density at radius 2 is 1.57 bits per heavy atom. The Hall–Kier alpha value is -3.51. The molecule has 0 aliphatic carbocycles. The van der Waals surface area contributed by atoms with Gasteiger partial charge in [-0.25, -0.2) is 4.90 Å². The smallest absolute Gasteiger partial charge is 0.240 e. The number of Topliss-reactive ketones (excluding diaryl/α,β-unsaturated/α-hetero) is 1. The van der Waals surface area contributed by atoms with Crippen molar-refractivity contribution in [1.29, 1.82) is 0 Å². The SMILES string of the molecule is Cc1ccc(N2C(=O)[C@@H]3[C@H](C2=O)[C@@H]2C=Cc4ccccc4N2[C@@H]3C(=O)c2ccc(Br)cc2)c(C)c1. The van der Waals surface area contributed by atoms with E-state index in [1.165, 1.54) is 4.90 Å². The molecule has 3 aromatic carbocycles. The minimum absolute atomic E-state index is 0.149. The quantitative estimate of drug-likeness (QED) is 0.341. The number of fused-ring (bicyclic) bond motifs is 5. The van der Waals surface area contributed by atoms with Crippen molar-refractivity contribution in [3.05, 3.63) is 99.5 Å². The van der Waals surface area contributed by atoms with E-state index in [2.05, 4.69) is 15.9 Å². The van der Waals surface area contributed by atoms with E-state index in [4.69, 9.17) is 0 Å². The molecule has 0 saturated carbocycles. The number of imide groups is 1. The van der Waals surface area contributed by atoms with Gasteiger partial charge in [0.25, 0.3) is 0 Å². The van der Waals surface area contributed by atoms with Crippen LogP contribution in [0, 0.1) is 25.7 Å². The van der Waals surface area contributed by atoms with E-state index in [1.54, 1.807) is 12.1 Å². The van der Waals surface area contributed by atoms with Crippen LogP contribution in [0.15, 0.2) is 77.3 Å². The molecule has 2 amide bonds. The Morgan fingerprint density at radius 1 is 0.857 bits per heavy atom. The van der Waals surface area contributed by atoms with Gasteiger partial charge in [0.05, 0.1) is 23.6 Å². The molecule has 6 rings (SSSR count). The fourth-order valence-corrected chi connectivity index (χ4v) is 6.16. The fraction of sp³-hybridized carbons (Fsp3) is 0.207. The lowest BCUT2D eigenvalue weighted by atomic mass is 9.86. The summed E-state index contributed by atoms with van der Waals surface area (Å²) >= 11 is 3.43. The summed E-state index contributed by atoms with van der Waals surface area (Å²) in [5, 5.41) is 0. The van der Waals surface area contributed by atoms with E-state index in [-0.39, 0.29) is 23.6 Å². The van der Waals surface area contributed by atoms with Crippen molar-refractivity contribution in [2.75, 3.05) is 9.80 Å². The van der Waals surface area contributed by atoms with Gasteiger partial charge in [-0.05, 0) is 49.2 Å². The lowest BCUT2D eigenvalue weighted by molar-refractivity contribution is -0.122. The van der Waals surface area contributed by atoms with E-state index < -0.39 is 17.9 Å². The largest absolute Gasteiger partial charge is 0.352 e. The number of benzene rings is 3. The minimum atomic E-state index is -0.774. The van der Waals surface area contributed by atoms with Crippen LogP contribution in [0.1, 0.15) is 27.0 Å². The lowest BCUT2D eigenvalue weighted by Gasteiger charge is -2.36. The van der Waals surface area contributed by atoms with Gasteiger partial charge in [0.2, 0.25) is 11.8 Å². The second kappa shape index (κ2) is 8.02. The number of amides is 2. The molecule has 3 aromatic rings. The Kier molecular flexibility index (Phi) is 5.04. The molecule has 3 heterocycles. The zero-order chi connectivity index (χ0) is 24.4. The van der Waals surface area contributed by atoms with Crippen molar-refractivity contribution >= 4 is 51.0 Å². The van der Waals surface area contributed by atoms with Gasteiger partial charge in [0.1, 0.15) is 6.04 Å². The average Bonchev–Trinajstić information content (AvgIpc) is 3.32. The maximum atomic E-state index is 14.0. The first-order valence-corrected chi connectivity index (χ1v) is 12.5. The molecule has 3 aliphatic rings. The predicted octanol–water partition coefficient (Wildman–Crippen LogP) is 5.34. The van der Waals surface area contributed by atoms with Crippen LogP contribution in [0.3, 0.4) is 0 Å². The van der Waals surface area contributed by atoms with Gasteiger partial charge < -0.3 is 4.90 Å². The van der Waals surface area contributed by atoms with E-state index in [0.717, 1.165) is 26.9 Å². The van der Waals surface area contributed by atoms with Gasteiger partial charge in [-0.2, -0.15) is 0 Å². The van der Waals surface area contributed by atoms with Crippen LogP contribution in [0.25, 0.3) is 6.08 Å². The number of hydrogen-bond donors (Lipinski definition) is 0. The normalized spacial score (nSPS) is 24.4. The Labute approximate surface area is 212 Å². The highest BCUT2D eigenvalue weighted by atomic mass is 79.9. The molecule has 3 aliphatic heterocycles. The molecule has 0 bridgehead atoms. The molecule has 0 radical (unpaired) electrons. The number of para-hydroxylation sites is 1. The highest BCUT2D eigenvalue weighted by Gasteiger charge is 2.64. The van der Waals surface area contributed by atoms with Crippen molar-refractivity contribution in [3.63, 3.8) is 0 Å². The Balaban J connectivity index is 1.50. The fourth-order valence-electron chi connectivity index (χ4n) is 5.89. The second-order valence-corrected chi connectivity index (χ2v) is 10.4. The van der Waals surface area contributed by atoms with Crippen molar-refractivity contribution in [2.45, 2.75) is 25.9 Å². The first kappa shape index (κ1) is 22.0. The maximum Gasteiger partial charge on any atom is 0.240 e. The molecule has 4 atom stereocenters. The summed E-state index contributed by atoms with van der Waals surface area (Å²) in [6.07, 6.45) is 3.98. The lowest BCUT2D eigenvalue weighted by Crippen LogP contribution is -2.49. The molecule has 174 valence electrons. The molecule has 0 aromatic heterocycles. The van der Waals surface area contributed by atoms with Gasteiger partial charge in [-0.3, -0.25) is 14.4 Å². The summed E-state index contributed by atoms with van der Waals surface area (Å²) in [4.78, 5) is 45.2. The van der Waals surface area contributed by atoms with Crippen LogP contribution < -0.4 is 9.80 Å². The van der Waals surface area contributed by atoms with E-state index >= 15 is 0 Å². The average molecular weight is 527 g/mol. The molecular formula is C29H23BrN2O3. The second-order valence-electron chi connectivity index (χ2n) is 9.49. The van der Waals surface area contributed by atoms with Crippen molar-refractivity contribution in [3.8, 4) is 0 Å². The zero-order valence-electron chi connectivity index (χ0n) is 19.3. The molecule has 2 saturated heterocycles. The van der Waals surface area contributed by atoms with Gasteiger partial charge in [-0.15, -0.1) is 0 Å². The number of carbonyl (C=O) groups excluding carboxylic acids is 3. The summed E-state index contributed by atoms with van der Waals surface area (Å²) < 4.78 is 0.871. The van der Waals surface area contributed by atoms with Gasteiger partial charge in [-0.1, -0.05) is 76.1 Å². The first-order chi connectivity index (χ1) is 16.9. The van der Waals surface area contributed by atoms with Crippen LogP contribution in [0.5, 0.6) is 0 Å². The number of nitrogens with zero attached hydrogens (tertiary/aromatic N) is 2. The number of hydrogen-bond acceptors (Lipinski definition) is 4. The molecule has 6 heteroatoms. The standard InChI is InChI=1S/C29H23BrN2O3/c1-16-7-13-21(17(2)15-16)32-28(34)24-23-14-10-18-5-3-4-6-22(18)31(23)26(25(24)29(32)35)27(33)19-8-11-20(30)12-9-19/h3-15,23-26H,1-2H3/t23-,24+,25+,26-/m0/s1. The highest BCUT2D eigenvalue weighted by Crippen LogP contribution is 2.50. The van der Waals surface area contributed by atoms with Gasteiger partial charge in [0.15, 0.2) is 5.78 Å². The minimum Gasteiger partial charge on any atom is -0.352 e. The van der Waals surface area contributed by atoms with E-state index in [1.807, 2.05) is 85.5 Å². The topological polar surface area (TPSA) is 57.7 Å². The molecule has 5 nitrogen and oxygen atoms in total. The zero-order valence-corrected chi connectivity index (χ0v) is 20.9. The number of carbonyl (C=O) groups is 3. The molecule has 0 spiro atoms. The third-order valence-corrected chi connectivity index (χ3v) is 7.93. The van der Waals surface area contributed by atoms with Crippen LogP contribution in [-0.2, 0) is 9.59 Å². The summed E-state index contributed by atoms with van der Waals surface area (Å²) in [6, 6.07) is 19.6. The number of ketones is 1. The summed E-state index contributed by atoms with van der Waals surface area (Å²) in [5.74, 6) is -2.08. The van der Waals surface area contributed by atoms with E-state index in [0.29, 0.717) is 11.3 Å². The van der Waals surface area contributed by atoms with Crippen LogP contribution in [-0.4, -0.2) is 29.7 Å². The predicted molar refractivity (Wildman–Crippen MR) is 139 cm³/mol. The van der Waals surface area contributed by atoms with Gasteiger partial charge >= 0.3 is 0 Å². The summed E-state index contributed by atoms with van der Waals surface area (Å²) in [5.41, 5.74) is 4.90. The Morgan fingerprint density at radius 3 is 2.31 bits per heavy atom. The van der Waals surface area contributed by atoms with Gasteiger partial charge in [0, 0.05) is 15.7 Å². The van der Waals surface area contributed by atoms with E-state index in [9.17, 15) is 14.4 Å². The van der Waals surface area contributed by atoms with Crippen molar-refractivity contribution < 1.29 is 14.4 Å². The maximum absolute atomic E-state index is 14.0. The third kappa shape index (κ3) is 3.23. The first-order valence-electron chi connectivity index (χ1n) is 11.7. The number of anilines is 2. The van der Waals surface area contributed by atoms with Crippen molar-refractivity contribution in [2.24, 2.45) is 11.8 Å². The Bertz CT molecular complexity index is 1430. The number of aryl methyl sites for hydroxylation is 2. The summed E-state index contributed by atoms with van der Waals surface area (Å²) in [6.45, 7) is 3.89.